The molecule has 5 nitrogen and oxygen atoms in total. The summed E-state index contributed by atoms with van der Waals surface area (Å²) in [5, 5.41) is 9.17. The van der Waals surface area contributed by atoms with Crippen molar-refractivity contribution in [2.75, 3.05) is 31.1 Å². The summed E-state index contributed by atoms with van der Waals surface area (Å²) in [6, 6.07) is 11.0. The van der Waals surface area contributed by atoms with Crippen molar-refractivity contribution in [3.63, 3.8) is 0 Å². The third-order valence-electron chi connectivity index (χ3n) is 4.93. The maximum absolute atomic E-state index is 4.83. The molecule has 1 aliphatic rings. The molecule has 28 heavy (non-hydrogen) atoms. The fourth-order valence-electron chi connectivity index (χ4n) is 3.36. The van der Waals surface area contributed by atoms with Gasteiger partial charge in [-0.1, -0.05) is 19.1 Å². The normalized spacial score (nSPS) is 16.4. The first-order valence-corrected chi connectivity index (χ1v) is 10.8. The number of pyridine rings is 1. The van der Waals surface area contributed by atoms with E-state index < -0.39 is 0 Å². The summed E-state index contributed by atoms with van der Waals surface area (Å²) < 4.78 is 0. The van der Waals surface area contributed by atoms with Crippen LogP contribution in [0.3, 0.4) is 0 Å². The van der Waals surface area contributed by atoms with Gasteiger partial charge in [-0.3, -0.25) is 4.99 Å². The summed E-state index contributed by atoms with van der Waals surface area (Å²) in [6.07, 6.45) is 2.20. The number of halogens is 1. The molecule has 0 radical (unpaired) electrons. The highest BCUT2D eigenvalue weighted by atomic mass is 127. The second-order valence-corrected chi connectivity index (χ2v) is 8.16. The lowest BCUT2D eigenvalue weighted by Gasteiger charge is -2.34. The van der Waals surface area contributed by atoms with Gasteiger partial charge in [-0.05, 0) is 50.3 Å². The first-order valence-electron chi connectivity index (χ1n) is 9.92. The maximum atomic E-state index is 4.83. The average molecular weight is 513 g/mol. The highest BCUT2D eigenvalue weighted by Crippen LogP contribution is 2.21. The van der Waals surface area contributed by atoms with Crippen LogP contribution >= 0.6 is 35.3 Å². The monoisotopic (exact) mass is 513 g/mol. The Balaban J connectivity index is 0.00000280. The molecule has 0 saturated carbocycles. The number of piperidine rings is 1. The number of hydrogen-bond acceptors (Lipinski definition) is 4. The lowest BCUT2D eigenvalue weighted by atomic mass is 10.1. The van der Waals surface area contributed by atoms with Crippen molar-refractivity contribution >= 4 is 47.1 Å². The van der Waals surface area contributed by atoms with Gasteiger partial charge in [0, 0.05) is 42.2 Å². The molecule has 2 N–H and O–H groups in total. The van der Waals surface area contributed by atoms with Crippen LogP contribution in [0.4, 0.5) is 5.82 Å². The SMILES string of the molecule is CCNC(=NCC(C)c1cccs1)NC1CCN(c2cccc(C)n2)CC1.I. The van der Waals surface area contributed by atoms with E-state index in [0.29, 0.717) is 12.0 Å². The zero-order valence-corrected chi connectivity index (χ0v) is 20.2. The number of rotatable bonds is 6. The van der Waals surface area contributed by atoms with E-state index in [4.69, 9.17) is 4.99 Å². The minimum absolute atomic E-state index is 0. The smallest absolute Gasteiger partial charge is 0.191 e. The number of anilines is 1. The molecule has 1 unspecified atom stereocenters. The molecular formula is C21H32IN5S. The largest absolute Gasteiger partial charge is 0.357 e. The number of aryl methyl sites for hydroxylation is 1. The summed E-state index contributed by atoms with van der Waals surface area (Å²) in [7, 11) is 0. The molecule has 154 valence electrons. The Morgan fingerprint density at radius 1 is 1.29 bits per heavy atom. The van der Waals surface area contributed by atoms with Crippen molar-refractivity contribution in [2.45, 2.75) is 45.6 Å². The Morgan fingerprint density at radius 2 is 2.07 bits per heavy atom. The summed E-state index contributed by atoms with van der Waals surface area (Å²) in [6.45, 7) is 10.2. The number of nitrogens with one attached hydrogen (secondary N) is 2. The maximum Gasteiger partial charge on any atom is 0.191 e. The molecule has 1 fully saturated rings. The topological polar surface area (TPSA) is 52.6 Å². The van der Waals surface area contributed by atoms with E-state index in [1.807, 2.05) is 24.3 Å². The van der Waals surface area contributed by atoms with Gasteiger partial charge in [-0.15, -0.1) is 35.3 Å². The molecule has 0 bridgehead atoms. The minimum atomic E-state index is 0. The number of guanidine groups is 1. The molecule has 1 aliphatic heterocycles. The molecule has 0 amide bonds. The molecule has 0 spiro atoms. The van der Waals surface area contributed by atoms with Gasteiger partial charge in [0.25, 0.3) is 0 Å². The van der Waals surface area contributed by atoms with Crippen LogP contribution in [0.15, 0.2) is 40.7 Å². The molecular weight excluding hydrogens is 481 g/mol. The van der Waals surface area contributed by atoms with Crippen LogP contribution in [0, 0.1) is 6.92 Å². The van der Waals surface area contributed by atoms with Gasteiger partial charge >= 0.3 is 0 Å². The first-order chi connectivity index (χ1) is 13.2. The molecule has 1 saturated heterocycles. The van der Waals surface area contributed by atoms with Gasteiger partial charge in [-0.25, -0.2) is 4.98 Å². The minimum Gasteiger partial charge on any atom is -0.357 e. The van der Waals surface area contributed by atoms with Crippen molar-refractivity contribution in [3.05, 3.63) is 46.3 Å². The Hall–Kier alpha value is -1.35. The number of thiophene rings is 1. The van der Waals surface area contributed by atoms with Gasteiger partial charge in [0.15, 0.2) is 5.96 Å². The molecule has 2 aromatic heterocycles. The van der Waals surface area contributed by atoms with Gasteiger partial charge in [0.1, 0.15) is 5.82 Å². The third kappa shape index (κ3) is 6.62. The van der Waals surface area contributed by atoms with Crippen LogP contribution in [-0.4, -0.2) is 43.2 Å². The molecule has 3 heterocycles. The van der Waals surface area contributed by atoms with Crippen molar-refractivity contribution in [3.8, 4) is 0 Å². The van der Waals surface area contributed by atoms with E-state index in [2.05, 4.69) is 64.0 Å². The Bertz CT molecular complexity index is 726. The lowest BCUT2D eigenvalue weighted by Crippen LogP contribution is -2.49. The number of hydrogen-bond donors (Lipinski definition) is 2. The lowest BCUT2D eigenvalue weighted by molar-refractivity contribution is 0.459. The van der Waals surface area contributed by atoms with Crippen LogP contribution in [-0.2, 0) is 0 Å². The summed E-state index contributed by atoms with van der Waals surface area (Å²) in [5.41, 5.74) is 1.08. The van der Waals surface area contributed by atoms with E-state index >= 15 is 0 Å². The van der Waals surface area contributed by atoms with Crippen molar-refractivity contribution in [1.82, 2.24) is 15.6 Å². The predicted molar refractivity (Wildman–Crippen MR) is 131 cm³/mol. The molecule has 2 aromatic rings. The molecule has 3 rings (SSSR count). The van der Waals surface area contributed by atoms with E-state index in [1.165, 1.54) is 4.88 Å². The van der Waals surface area contributed by atoms with E-state index in [-0.39, 0.29) is 24.0 Å². The van der Waals surface area contributed by atoms with Crippen LogP contribution < -0.4 is 15.5 Å². The predicted octanol–water partition coefficient (Wildman–Crippen LogP) is 4.40. The fraction of sp³-hybridized carbons (Fsp3) is 0.524. The number of aromatic nitrogens is 1. The first kappa shape index (κ1) is 22.9. The highest BCUT2D eigenvalue weighted by molar-refractivity contribution is 14.0. The third-order valence-corrected chi connectivity index (χ3v) is 6.03. The zero-order chi connectivity index (χ0) is 19.1. The Morgan fingerprint density at radius 3 is 2.71 bits per heavy atom. The van der Waals surface area contributed by atoms with Crippen LogP contribution in [0.5, 0.6) is 0 Å². The summed E-state index contributed by atoms with van der Waals surface area (Å²) in [5.74, 6) is 2.49. The Kier molecular flexibility index (Phi) is 9.50. The van der Waals surface area contributed by atoms with Gasteiger partial charge < -0.3 is 15.5 Å². The molecule has 1 atom stereocenters. The number of aliphatic imine (C=N–C) groups is 1. The van der Waals surface area contributed by atoms with Crippen LogP contribution in [0.25, 0.3) is 0 Å². The van der Waals surface area contributed by atoms with Crippen LogP contribution in [0.2, 0.25) is 0 Å². The highest BCUT2D eigenvalue weighted by Gasteiger charge is 2.21. The fourth-order valence-corrected chi connectivity index (χ4v) is 4.14. The average Bonchev–Trinajstić information content (AvgIpc) is 3.21. The second-order valence-electron chi connectivity index (χ2n) is 7.18. The summed E-state index contributed by atoms with van der Waals surface area (Å²) >= 11 is 1.81. The zero-order valence-electron chi connectivity index (χ0n) is 17.0. The van der Waals surface area contributed by atoms with Crippen molar-refractivity contribution in [2.24, 2.45) is 4.99 Å². The summed E-state index contributed by atoms with van der Waals surface area (Å²) in [4.78, 5) is 13.3. The van der Waals surface area contributed by atoms with E-state index in [0.717, 1.165) is 56.5 Å². The second kappa shape index (κ2) is 11.6. The van der Waals surface area contributed by atoms with E-state index in [9.17, 15) is 0 Å². The van der Waals surface area contributed by atoms with Crippen LogP contribution in [0.1, 0.15) is 43.2 Å². The molecule has 0 aromatic carbocycles. The van der Waals surface area contributed by atoms with Gasteiger partial charge in [0.05, 0.1) is 6.54 Å². The van der Waals surface area contributed by atoms with Crippen molar-refractivity contribution < 1.29 is 0 Å². The van der Waals surface area contributed by atoms with Crippen molar-refractivity contribution in [1.29, 1.82) is 0 Å². The molecule has 7 heteroatoms. The van der Waals surface area contributed by atoms with E-state index in [1.54, 1.807) is 0 Å². The molecule has 0 aliphatic carbocycles. The quantitative estimate of drug-likeness (QED) is 0.342. The Labute approximate surface area is 190 Å². The van der Waals surface area contributed by atoms with Gasteiger partial charge in [0.2, 0.25) is 0 Å². The number of nitrogens with zero attached hydrogens (tertiary/aromatic N) is 3. The van der Waals surface area contributed by atoms with Gasteiger partial charge in [-0.2, -0.15) is 0 Å². The standard InChI is InChI=1S/C21H31N5S.HI/c1-4-22-21(23-15-16(2)19-8-6-14-27-19)25-18-10-12-26(13-11-18)20-9-5-7-17(3)24-20;/h5-9,14,16,18H,4,10-13,15H2,1-3H3,(H2,22,23,25);1H.